The van der Waals surface area contributed by atoms with Gasteiger partial charge in [-0.2, -0.15) is 11.8 Å². The van der Waals surface area contributed by atoms with Crippen LogP contribution in [0.1, 0.15) is 12.2 Å². The topological polar surface area (TPSA) is 127 Å². The molecule has 9 nitrogen and oxygen atoms in total. The minimum Gasteiger partial charge on any atom is -0.480 e. The van der Waals surface area contributed by atoms with Crippen LogP contribution >= 0.6 is 11.8 Å². The fourth-order valence-electron chi connectivity index (χ4n) is 1.70. The van der Waals surface area contributed by atoms with Crippen molar-refractivity contribution in [2.75, 3.05) is 11.5 Å². The number of aryl methyl sites for hydroxylation is 1. The maximum absolute atomic E-state index is 10.8. The SMILES string of the molecule is Cc1ncc([N+](=O)[O-])n1CCSCCC(NC=O)C(=O)O. The standard InChI is InChI=1S/C11H16N4O5S/c1-8-12-6-10(15(19)20)14(8)3-5-21-4-2-9(11(17)18)13-7-16/h6-7,9H,2-5H2,1H3,(H,13,16)(H,17,18). The predicted octanol–water partition coefficient (Wildman–Crippen LogP) is 0.422. The quantitative estimate of drug-likeness (QED) is 0.277. The van der Waals surface area contributed by atoms with Crippen molar-refractivity contribution in [3.05, 3.63) is 22.1 Å². The molecule has 1 amide bonds. The lowest BCUT2D eigenvalue weighted by Crippen LogP contribution is -2.36. The van der Waals surface area contributed by atoms with Gasteiger partial charge in [0.2, 0.25) is 6.41 Å². The Morgan fingerprint density at radius 3 is 2.95 bits per heavy atom. The van der Waals surface area contributed by atoms with Gasteiger partial charge in [-0.3, -0.25) is 4.79 Å². The highest BCUT2D eigenvalue weighted by molar-refractivity contribution is 7.99. The van der Waals surface area contributed by atoms with Crippen molar-refractivity contribution in [2.24, 2.45) is 0 Å². The summed E-state index contributed by atoms with van der Waals surface area (Å²) in [6.07, 6.45) is 1.87. The van der Waals surface area contributed by atoms with Crippen LogP contribution in [0.15, 0.2) is 6.20 Å². The largest absolute Gasteiger partial charge is 0.480 e. The van der Waals surface area contributed by atoms with Gasteiger partial charge in [-0.05, 0) is 17.1 Å². The number of nitrogens with one attached hydrogen (secondary N) is 1. The van der Waals surface area contributed by atoms with E-state index in [1.165, 1.54) is 22.5 Å². The average Bonchev–Trinajstić information content (AvgIpc) is 2.78. The zero-order valence-electron chi connectivity index (χ0n) is 11.4. The second-order valence-electron chi connectivity index (χ2n) is 4.15. The van der Waals surface area contributed by atoms with Gasteiger partial charge in [0.15, 0.2) is 5.82 Å². The van der Waals surface area contributed by atoms with E-state index in [0.29, 0.717) is 36.7 Å². The third-order valence-electron chi connectivity index (χ3n) is 2.80. The summed E-state index contributed by atoms with van der Waals surface area (Å²) in [5.74, 6) is 0.543. The number of carboxylic acids is 1. The molecule has 0 spiro atoms. The summed E-state index contributed by atoms with van der Waals surface area (Å²) < 4.78 is 1.51. The van der Waals surface area contributed by atoms with Crippen molar-refractivity contribution < 1.29 is 19.6 Å². The molecule has 2 N–H and O–H groups in total. The Hall–Kier alpha value is -2.10. The number of hydrogen-bond donors (Lipinski definition) is 2. The van der Waals surface area contributed by atoms with Crippen LogP contribution in [0.4, 0.5) is 5.82 Å². The Morgan fingerprint density at radius 1 is 1.67 bits per heavy atom. The molecule has 1 heterocycles. The van der Waals surface area contributed by atoms with E-state index in [2.05, 4.69) is 10.3 Å². The number of amides is 1. The molecule has 1 aromatic rings. The number of aromatic nitrogens is 2. The van der Waals surface area contributed by atoms with Gasteiger partial charge in [-0.15, -0.1) is 0 Å². The molecule has 0 aliphatic rings. The van der Waals surface area contributed by atoms with Gasteiger partial charge in [0.25, 0.3) is 0 Å². The highest BCUT2D eigenvalue weighted by Crippen LogP contribution is 2.15. The molecule has 1 atom stereocenters. The van der Waals surface area contributed by atoms with Gasteiger partial charge in [0.05, 0.1) is 0 Å². The van der Waals surface area contributed by atoms with E-state index in [1.807, 2.05) is 0 Å². The molecular formula is C11H16N4O5S. The molecular weight excluding hydrogens is 300 g/mol. The molecule has 1 rings (SSSR count). The predicted molar refractivity (Wildman–Crippen MR) is 76.2 cm³/mol. The number of imidazole rings is 1. The average molecular weight is 316 g/mol. The third kappa shape index (κ3) is 5.06. The zero-order chi connectivity index (χ0) is 15.8. The number of carbonyl (C=O) groups is 2. The summed E-state index contributed by atoms with van der Waals surface area (Å²) >= 11 is 1.46. The van der Waals surface area contributed by atoms with Crippen molar-refractivity contribution >= 4 is 30.0 Å². The Balaban J connectivity index is 2.38. The maximum Gasteiger partial charge on any atom is 0.342 e. The number of thioether (sulfide) groups is 1. The minimum absolute atomic E-state index is 0.0564. The second kappa shape index (κ2) is 8.25. The number of carbonyl (C=O) groups excluding carboxylic acids is 1. The minimum atomic E-state index is -1.08. The Labute approximate surface area is 124 Å². The molecule has 0 aliphatic carbocycles. The molecule has 21 heavy (non-hydrogen) atoms. The number of nitrogens with zero attached hydrogens (tertiary/aromatic N) is 3. The van der Waals surface area contributed by atoms with Crippen molar-refractivity contribution in [3.63, 3.8) is 0 Å². The van der Waals surface area contributed by atoms with Crippen molar-refractivity contribution in [3.8, 4) is 0 Å². The summed E-state index contributed by atoms with van der Waals surface area (Å²) in [6, 6.07) is -0.903. The summed E-state index contributed by atoms with van der Waals surface area (Å²) in [5.41, 5.74) is 0. The lowest BCUT2D eigenvalue weighted by atomic mass is 10.2. The molecule has 0 saturated heterocycles. The molecule has 1 aromatic heterocycles. The van der Waals surface area contributed by atoms with E-state index in [0.717, 1.165) is 0 Å². The van der Waals surface area contributed by atoms with Crippen LogP contribution in [0.25, 0.3) is 0 Å². The van der Waals surface area contributed by atoms with Crippen molar-refractivity contribution in [1.29, 1.82) is 0 Å². The summed E-state index contributed by atoms with van der Waals surface area (Å²) in [5, 5.41) is 21.8. The van der Waals surface area contributed by atoms with Crippen molar-refractivity contribution in [1.82, 2.24) is 14.9 Å². The molecule has 0 fully saturated rings. The van der Waals surface area contributed by atoms with E-state index in [1.54, 1.807) is 6.92 Å². The van der Waals surface area contributed by atoms with Crippen LogP contribution < -0.4 is 5.32 Å². The molecule has 0 aliphatic heterocycles. The van der Waals surface area contributed by atoms with Crippen LogP contribution in [0.5, 0.6) is 0 Å². The zero-order valence-corrected chi connectivity index (χ0v) is 12.2. The Morgan fingerprint density at radius 2 is 2.38 bits per heavy atom. The fourth-order valence-corrected chi connectivity index (χ4v) is 2.62. The van der Waals surface area contributed by atoms with Crippen LogP contribution in [-0.2, 0) is 16.1 Å². The summed E-state index contributed by atoms with van der Waals surface area (Å²) in [6.45, 7) is 2.11. The highest BCUT2D eigenvalue weighted by Gasteiger charge is 2.18. The van der Waals surface area contributed by atoms with Gasteiger partial charge in [-0.25, -0.2) is 14.3 Å². The number of hydrogen-bond acceptors (Lipinski definition) is 6. The van der Waals surface area contributed by atoms with E-state index in [-0.39, 0.29) is 5.82 Å². The molecule has 0 aromatic carbocycles. The van der Waals surface area contributed by atoms with Crippen LogP contribution in [-0.4, -0.2) is 49.5 Å². The molecule has 0 saturated carbocycles. The number of aliphatic carboxylic acids is 1. The Kier molecular flexibility index (Phi) is 6.66. The number of nitro groups is 1. The fraction of sp³-hybridized carbons (Fsp3) is 0.545. The smallest absolute Gasteiger partial charge is 0.342 e. The van der Waals surface area contributed by atoms with E-state index in [9.17, 15) is 19.7 Å². The highest BCUT2D eigenvalue weighted by atomic mass is 32.2. The lowest BCUT2D eigenvalue weighted by Gasteiger charge is -2.10. The van der Waals surface area contributed by atoms with Gasteiger partial charge in [0, 0.05) is 12.7 Å². The third-order valence-corrected chi connectivity index (χ3v) is 3.79. The lowest BCUT2D eigenvalue weighted by molar-refractivity contribution is -0.392. The van der Waals surface area contributed by atoms with Crippen LogP contribution in [0.2, 0.25) is 0 Å². The number of rotatable bonds is 10. The van der Waals surface area contributed by atoms with E-state index < -0.39 is 16.9 Å². The molecule has 0 radical (unpaired) electrons. The summed E-state index contributed by atoms with van der Waals surface area (Å²) in [7, 11) is 0. The van der Waals surface area contributed by atoms with Gasteiger partial charge in [0.1, 0.15) is 18.8 Å². The van der Waals surface area contributed by atoms with Crippen LogP contribution in [0, 0.1) is 17.0 Å². The van der Waals surface area contributed by atoms with Crippen LogP contribution in [0.3, 0.4) is 0 Å². The number of carboxylic acid groups (broad SMARTS) is 1. The Bertz CT molecular complexity index is 519. The summed E-state index contributed by atoms with van der Waals surface area (Å²) in [4.78, 5) is 35.2. The first kappa shape index (κ1) is 17.0. The van der Waals surface area contributed by atoms with Crippen molar-refractivity contribution in [2.45, 2.75) is 25.9 Å². The monoisotopic (exact) mass is 316 g/mol. The molecule has 116 valence electrons. The normalized spacial score (nSPS) is 11.9. The first-order chi connectivity index (χ1) is 9.97. The first-order valence-corrected chi connectivity index (χ1v) is 7.29. The van der Waals surface area contributed by atoms with E-state index >= 15 is 0 Å². The second-order valence-corrected chi connectivity index (χ2v) is 5.37. The maximum atomic E-state index is 10.8. The molecule has 0 bridgehead atoms. The first-order valence-electron chi connectivity index (χ1n) is 6.14. The van der Waals surface area contributed by atoms with Gasteiger partial charge < -0.3 is 20.5 Å². The van der Waals surface area contributed by atoms with Gasteiger partial charge >= 0.3 is 11.8 Å². The van der Waals surface area contributed by atoms with Gasteiger partial charge in [-0.1, -0.05) is 0 Å². The van der Waals surface area contributed by atoms with E-state index in [4.69, 9.17) is 5.11 Å². The molecule has 10 heteroatoms. The molecule has 1 unspecified atom stereocenters.